The van der Waals surface area contributed by atoms with Gasteiger partial charge in [0.15, 0.2) is 0 Å². The van der Waals surface area contributed by atoms with E-state index in [1.165, 1.54) is 0 Å². The molecule has 0 radical (unpaired) electrons. The molecule has 0 saturated carbocycles. The second kappa shape index (κ2) is 7.85. The summed E-state index contributed by atoms with van der Waals surface area (Å²) in [6.45, 7) is 0.832. The standard InChI is InChI=1S/C17H20BrClN6/c1-25(6-2-3-14-12(9-20)17(21)24-23-14)15-5-4-10-7-11(18)8-13(19)16(10)22-15/h4-5,7-8,12,14,17,23-24H,2-3,6,21H2,1H3. The number of aromatic nitrogens is 1. The molecule has 0 bridgehead atoms. The Morgan fingerprint density at radius 1 is 1.40 bits per heavy atom. The highest BCUT2D eigenvalue weighted by atomic mass is 79.9. The van der Waals surface area contributed by atoms with Gasteiger partial charge in [0.2, 0.25) is 0 Å². The fourth-order valence-electron chi connectivity index (χ4n) is 3.08. The Kier molecular flexibility index (Phi) is 5.77. The van der Waals surface area contributed by atoms with Crippen LogP contribution >= 0.6 is 27.5 Å². The van der Waals surface area contributed by atoms with Gasteiger partial charge in [0, 0.05) is 29.5 Å². The number of anilines is 1. The topological polar surface area (TPSA) is 90.0 Å². The Hall–Kier alpha value is -1.43. The SMILES string of the molecule is CN(CCCC1NNC(N)C1C#N)c1ccc2cc(Br)cc(Cl)c2n1. The average molecular weight is 424 g/mol. The Labute approximate surface area is 160 Å². The van der Waals surface area contributed by atoms with E-state index in [-0.39, 0.29) is 18.1 Å². The Morgan fingerprint density at radius 2 is 2.20 bits per heavy atom. The van der Waals surface area contributed by atoms with Crippen LogP contribution in [0.25, 0.3) is 10.9 Å². The molecule has 1 saturated heterocycles. The molecule has 132 valence electrons. The maximum Gasteiger partial charge on any atom is 0.129 e. The number of nitrogens with zero attached hydrogens (tertiary/aromatic N) is 3. The lowest BCUT2D eigenvalue weighted by Gasteiger charge is -2.20. The summed E-state index contributed by atoms with van der Waals surface area (Å²) < 4.78 is 0.941. The number of hydrazine groups is 1. The highest BCUT2D eigenvalue weighted by Gasteiger charge is 2.32. The van der Waals surface area contributed by atoms with Crippen molar-refractivity contribution >= 4 is 44.3 Å². The van der Waals surface area contributed by atoms with Gasteiger partial charge in [0.25, 0.3) is 0 Å². The van der Waals surface area contributed by atoms with Gasteiger partial charge < -0.3 is 10.6 Å². The maximum atomic E-state index is 9.19. The van der Waals surface area contributed by atoms with Crippen LogP contribution in [0.5, 0.6) is 0 Å². The third kappa shape index (κ3) is 4.05. The molecule has 0 aliphatic carbocycles. The quantitative estimate of drug-likeness (QED) is 0.685. The summed E-state index contributed by atoms with van der Waals surface area (Å²) >= 11 is 9.75. The van der Waals surface area contributed by atoms with Crippen molar-refractivity contribution in [2.45, 2.75) is 25.0 Å². The van der Waals surface area contributed by atoms with E-state index in [0.717, 1.165) is 40.6 Å². The molecule has 3 unspecified atom stereocenters. The summed E-state index contributed by atoms with van der Waals surface area (Å²) in [7, 11) is 2.01. The number of hydrogen-bond acceptors (Lipinski definition) is 6. The van der Waals surface area contributed by atoms with E-state index in [2.05, 4.69) is 42.7 Å². The Balaban J connectivity index is 1.63. The molecule has 8 heteroatoms. The fourth-order valence-corrected chi connectivity index (χ4v) is 3.95. The number of rotatable bonds is 5. The summed E-state index contributed by atoms with van der Waals surface area (Å²) in [5.74, 6) is 0.670. The van der Waals surface area contributed by atoms with Crippen molar-refractivity contribution in [1.82, 2.24) is 15.8 Å². The van der Waals surface area contributed by atoms with E-state index in [9.17, 15) is 5.26 Å². The van der Waals surface area contributed by atoms with Crippen LogP contribution in [0.2, 0.25) is 5.02 Å². The lowest BCUT2D eigenvalue weighted by molar-refractivity contribution is 0.463. The maximum absolute atomic E-state index is 9.19. The molecule has 2 heterocycles. The molecule has 25 heavy (non-hydrogen) atoms. The van der Waals surface area contributed by atoms with Crippen molar-refractivity contribution in [1.29, 1.82) is 5.26 Å². The minimum Gasteiger partial charge on any atom is -0.360 e. The Morgan fingerprint density at radius 3 is 2.96 bits per heavy atom. The van der Waals surface area contributed by atoms with E-state index in [1.54, 1.807) is 0 Å². The summed E-state index contributed by atoms with van der Waals surface area (Å²) in [6, 6.07) is 10.2. The molecule has 0 spiro atoms. The van der Waals surface area contributed by atoms with Crippen LogP contribution in [0, 0.1) is 17.2 Å². The van der Waals surface area contributed by atoms with Crippen LogP contribution in [0.1, 0.15) is 12.8 Å². The van der Waals surface area contributed by atoms with Crippen LogP contribution < -0.4 is 21.5 Å². The van der Waals surface area contributed by atoms with E-state index >= 15 is 0 Å². The van der Waals surface area contributed by atoms with Crippen molar-refractivity contribution in [3.05, 3.63) is 33.8 Å². The molecule has 1 aromatic heterocycles. The first-order valence-electron chi connectivity index (χ1n) is 8.13. The van der Waals surface area contributed by atoms with Crippen LogP contribution in [0.4, 0.5) is 5.82 Å². The van der Waals surface area contributed by atoms with Gasteiger partial charge >= 0.3 is 0 Å². The van der Waals surface area contributed by atoms with Crippen LogP contribution in [-0.4, -0.2) is 30.8 Å². The molecule has 1 fully saturated rings. The molecule has 0 amide bonds. The smallest absolute Gasteiger partial charge is 0.129 e. The number of benzene rings is 1. The first-order valence-corrected chi connectivity index (χ1v) is 9.30. The molecule has 1 aromatic carbocycles. The van der Waals surface area contributed by atoms with E-state index in [0.29, 0.717) is 5.02 Å². The predicted molar refractivity (Wildman–Crippen MR) is 104 cm³/mol. The zero-order chi connectivity index (χ0) is 18.0. The summed E-state index contributed by atoms with van der Waals surface area (Å²) in [5, 5.41) is 10.8. The first-order chi connectivity index (χ1) is 12.0. The van der Waals surface area contributed by atoms with Crippen LogP contribution in [0.15, 0.2) is 28.7 Å². The molecular weight excluding hydrogens is 404 g/mol. The molecule has 4 N–H and O–H groups in total. The number of fused-ring (bicyclic) bond motifs is 1. The second-order valence-electron chi connectivity index (χ2n) is 6.27. The van der Waals surface area contributed by atoms with E-state index in [1.807, 2.05) is 31.3 Å². The fraction of sp³-hybridized carbons (Fsp3) is 0.412. The van der Waals surface area contributed by atoms with Gasteiger partial charge in [-0.1, -0.05) is 27.5 Å². The number of nitrogens with one attached hydrogen (secondary N) is 2. The number of pyridine rings is 1. The lowest BCUT2D eigenvalue weighted by atomic mass is 9.97. The van der Waals surface area contributed by atoms with Gasteiger partial charge in [0.05, 0.1) is 28.7 Å². The van der Waals surface area contributed by atoms with Gasteiger partial charge in [-0.05, 0) is 37.1 Å². The molecule has 1 aliphatic rings. The van der Waals surface area contributed by atoms with E-state index in [4.69, 9.17) is 17.3 Å². The zero-order valence-electron chi connectivity index (χ0n) is 13.8. The Bertz CT molecular complexity index is 808. The third-order valence-corrected chi connectivity index (χ3v) is 5.25. The normalized spacial score (nSPS) is 22.9. The highest BCUT2D eigenvalue weighted by Crippen LogP contribution is 2.28. The largest absolute Gasteiger partial charge is 0.360 e. The van der Waals surface area contributed by atoms with Crippen molar-refractivity contribution in [2.75, 3.05) is 18.5 Å². The number of nitriles is 1. The monoisotopic (exact) mass is 422 g/mol. The molecule has 2 aromatic rings. The average Bonchev–Trinajstić information content (AvgIpc) is 2.94. The summed E-state index contributed by atoms with van der Waals surface area (Å²) in [4.78, 5) is 6.78. The van der Waals surface area contributed by atoms with Crippen LogP contribution in [-0.2, 0) is 0 Å². The highest BCUT2D eigenvalue weighted by molar-refractivity contribution is 9.10. The van der Waals surface area contributed by atoms with Gasteiger partial charge in [0.1, 0.15) is 5.82 Å². The van der Waals surface area contributed by atoms with Crippen LogP contribution in [0.3, 0.4) is 0 Å². The predicted octanol–water partition coefficient (Wildman–Crippen LogP) is 2.77. The molecule has 3 atom stereocenters. The second-order valence-corrected chi connectivity index (χ2v) is 7.59. The number of hydrogen-bond donors (Lipinski definition) is 3. The lowest BCUT2D eigenvalue weighted by Crippen LogP contribution is -2.38. The summed E-state index contributed by atoms with van der Waals surface area (Å²) in [5.41, 5.74) is 12.7. The zero-order valence-corrected chi connectivity index (χ0v) is 16.2. The minimum atomic E-state index is -0.309. The van der Waals surface area contributed by atoms with Gasteiger partial charge in [-0.25, -0.2) is 10.4 Å². The molecule has 1 aliphatic heterocycles. The van der Waals surface area contributed by atoms with E-state index < -0.39 is 0 Å². The first kappa shape index (κ1) is 18.4. The van der Waals surface area contributed by atoms with Gasteiger partial charge in [-0.2, -0.15) is 5.26 Å². The van der Waals surface area contributed by atoms with Crippen molar-refractivity contribution in [3.8, 4) is 6.07 Å². The van der Waals surface area contributed by atoms with Crippen molar-refractivity contribution < 1.29 is 0 Å². The summed E-state index contributed by atoms with van der Waals surface area (Å²) in [6.07, 6.45) is 1.48. The number of nitrogens with two attached hydrogens (primary N) is 1. The van der Waals surface area contributed by atoms with Crippen molar-refractivity contribution in [2.24, 2.45) is 11.7 Å². The molecule has 6 nitrogen and oxygen atoms in total. The third-order valence-electron chi connectivity index (χ3n) is 4.50. The van der Waals surface area contributed by atoms with Crippen molar-refractivity contribution in [3.63, 3.8) is 0 Å². The molecule has 3 rings (SSSR count). The van der Waals surface area contributed by atoms with Gasteiger partial charge in [-0.3, -0.25) is 5.43 Å². The minimum absolute atomic E-state index is 0.0738. The number of halogens is 2. The van der Waals surface area contributed by atoms with Gasteiger partial charge in [-0.15, -0.1) is 0 Å². The molecular formula is C17H20BrClN6.